The fraction of sp³-hybridized carbons (Fsp3) is 0.286. The topological polar surface area (TPSA) is 90.0 Å². The number of piperidine rings is 1. The lowest BCUT2D eigenvalue weighted by Crippen LogP contribution is -2.38. The number of anilines is 2. The Kier molecular flexibility index (Phi) is 4.29. The van der Waals surface area contributed by atoms with E-state index in [4.69, 9.17) is 0 Å². The van der Waals surface area contributed by atoms with E-state index in [2.05, 4.69) is 54.4 Å². The third-order valence-corrected chi connectivity index (χ3v) is 5.21. The van der Waals surface area contributed by atoms with Gasteiger partial charge in [0.05, 0.1) is 12.3 Å². The number of nitrogens with one attached hydrogen (secondary N) is 2. The molecule has 3 aromatic heterocycles. The van der Waals surface area contributed by atoms with Crippen molar-refractivity contribution in [2.75, 3.05) is 23.3 Å². The van der Waals surface area contributed by atoms with E-state index in [0.29, 0.717) is 24.6 Å². The highest BCUT2D eigenvalue weighted by Gasteiger charge is 2.19. The molecule has 0 unspecified atom stereocenters. The predicted octanol–water partition coefficient (Wildman–Crippen LogP) is 3.08. The second-order valence-corrected chi connectivity index (χ2v) is 7.26. The van der Waals surface area contributed by atoms with Gasteiger partial charge in [-0.2, -0.15) is 0 Å². The Morgan fingerprint density at radius 2 is 2.14 bits per heavy atom. The number of pyridine rings is 1. The van der Waals surface area contributed by atoms with Crippen molar-refractivity contribution in [3.05, 3.63) is 54.4 Å². The first-order valence-corrected chi connectivity index (χ1v) is 9.61. The van der Waals surface area contributed by atoms with Crippen LogP contribution in [0.2, 0.25) is 0 Å². The normalized spacial score (nSPS) is 17.3. The van der Waals surface area contributed by atoms with E-state index in [0.717, 1.165) is 36.2 Å². The molecule has 4 aromatic rings. The number of nitrogens with zero attached hydrogens (tertiary/aromatic N) is 4. The maximum atomic E-state index is 9.92. The highest BCUT2D eigenvalue weighted by atomic mass is 16.3. The van der Waals surface area contributed by atoms with E-state index in [9.17, 15) is 5.11 Å². The molecule has 1 aliphatic heterocycles. The number of β-amino-alcohol motifs (C(OH)–C–C–N with tert-alkyl or cyclic N) is 1. The standard InChI is InChI=1S/C21H22N6O/c28-16-2-1-9-27(13-16)20-6-5-17-21(26-20)25-19(12-23-17)24-11-14-3-4-15-7-8-22-18(15)10-14/h3-8,10,12,16,22,28H,1-2,9,11,13H2,(H,24,25,26)/t16-/m1/s1. The van der Waals surface area contributed by atoms with Crippen molar-refractivity contribution in [2.45, 2.75) is 25.5 Å². The first-order valence-electron chi connectivity index (χ1n) is 9.61. The molecule has 0 spiro atoms. The molecule has 142 valence electrons. The summed E-state index contributed by atoms with van der Waals surface area (Å²) in [6.45, 7) is 2.18. The molecular formula is C21H22N6O. The van der Waals surface area contributed by atoms with Gasteiger partial charge in [-0.1, -0.05) is 12.1 Å². The monoisotopic (exact) mass is 374 g/mol. The summed E-state index contributed by atoms with van der Waals surface area (Å²) in [5.74, 6) is 1.54. The third kappa shape index (κ3) is 3.36. The van der Waals surface area contributed by atoms with Crippen LogP contribution in [-0.2, 0) is 6.54 Å². The Morgan fingerprint density at radius 1 is 1.18 bits per heavy atom. The van der Waals surface area contributed by atoms with Gasteiger partial charge in [-0.05, 0) is 48.1 Å². The van der Waals surface area contributed by atoms with Crippen LogP contribution in [0.5, 0.6) is 0 Å². The number of benzene rings is 1. The summed E-state index contributed by atoms with van der Waals surface area (Å²) in [7, 11) is 0. The Balaban J connectivity index is 1.35. The number of hydrogen-bond donors (Lipinski definition) is 3. The lowest BCUT2D eigenvalue weighted by atomic mass is 10.1. The van der Waals surface area contributed by atoms with Gasteiger partial charge >= 0.3 is 0 Å². The molecule has 0 amide bonds. The minimum absolute atomic E-state index is 0.289. The quantitative estimate of drug-likeness (QED) is 0.509. The maximum absolute atomic E-state index is 9.92. The smallest absolute Gasteiger partial charge is 0.182 e. The Labute approximate surface area is 162 Å². The second kappa shape index (κ2) is 7.09. The molecule has 0 saturated carbocycles. The summed E-state index contributed by atoms with van der Waals surface area (Å²) < 4.78 is 0. The number of aromatic amines is 1. The third-order valence-electron chi connectivity index (χ3n) is 5.21. The summed E-state index contributed by atoms with van der Waals surface area (Å²) in [6, 6.07) is 12.3. The fourth-order valence-corrected chi connectivity index (χ4v) is 3.71. The van der Waals surface area contributed by atoms with Crippen LogP contribution in [0.3, 0.4) is 0 Å². The average Bonchev–Trinajstić information content (AvgIpc) is 3.19. The summed E-state index contributed by atoms with van der Waals surface area (Å²) in [6.07, 6.45) is 5.22. The number of fused-ring (bicyclic) bond motifs is 2. The zero-order chi connectivity index (χ0) is 18.9. The van der Waals surface area contributed by atoms with E-state index in [1.807, 2.05) is 18.3 Å². The molecule has 1 aliphatic rings. The zero-order valence-corrected chi connectivity index (χ0v) is 15.5. The molecule has 1 atom stereocenters. The fourth-order valence-electron chi connectivity index (χ4n) is 3.71. The lowest BCUT2D eigenvalue weighted by Gasteiger charge is -2.30. The zero-order valence-electron chi connectivity index (χ0n) is 15.5. The number of aliphatic hydroxyl groups excluding tert-OH is 1. The van der Waals surface area contributed by atoms with Crippen LogP contribution in [0, 0.1) is 0 Å². The first kappa shape index (κ1) is 16.9. The SMILES string of the molecule is O[C@@H]1CCCN(c2ccc3ncc(NCc4ccc5cc[nH]c5c4)nc3n2)C1. The molecule has 1 fully saturated rings. The second-order valence-electron chi connectivity index (χ2n) is 7.26. The average molecular weight is 374 g/mol. The molecule has 5 rings (SSSR count). The van der Waals surface area contributed by atoms with E-state index in [-0.39, 0.29) is 6.10 Å². The summed E-state index contributed by atoms with van der Waals surface area (Å²) in [5.41, 5.74) is 3.67. The molecule has 4 heterocycles. The summed E-state index contributed by atoms with van der Waals surface area (Å²) in [5, 5.41) is 14.5. The molecule has 3 N–H and O–H groups in total. The Bertz CT molecular complexity index is 1120. The number of aliphatic hydroxyl groups is 1. The Morgan fingerprint density at radius 3 is 3.07 bits per heavy atom. The molecule has 7 heteroatoms. The largest absolute Gasteiger partial charge is 0.391 e. The van der Waals surface area contributed by atoms with Crippen LogP contribution in [0.25, 0.3) is 22.1 Å². The minimum atomic E-state index is -0.289. The van der Waals surface area contributed by atoms with Gasteiger partial charge in [0.25, 0.3) is 0 Å². The van der Waals surface area contributed by atoms with Gasteiger partial charge in [-0.3, -0.25) is 0 Å². The molecule has 0 bridgehead atoms. The van der Waals surface area contributed by atoms with Crippen molar-refractivity contribution in [2.24, 2.45) is 0 Å². The molecule has 0 radical (unpaired) electrons. The van der Waals surface area contributed by atoms with Crippen LogP contribution in [-0.4, -0.2) is 44.2 Å². The minimum Gasteiger partial charge on any atom is -0.391 e. The van der Waals surface area contributed by atoms with Crippen molar-refractivity contribution >= 4 is 33.7 Å². The predicted molar refractivity (Wildman–Crippen MR) is 110 cm³/mol. The van der Waals surface area contributed by atoms with Crippen LogP contribution in [0.1, 0.15) is 18.4 Å². The van der Waals surface area contributed by atoms with E-state index in [1.54, 1.807) is 6.20 Å². The van der Waals surface area contributed by atoms with Crippen LogP contribution >= 0.6 is 0 Å². The summed E-state index contributed by atoms with van der Waals surface area (Å²) >= 11 is 0. The van der Waals surface area contributed by atoms with Gasteiger partial charge in [0.2, 0.25) is 0 Å². The number of H-pyrrole nitrogens is 1. The van der Waals surface area contributed by atoms with Crippen molar-refractivity contribution in [1.29, 1.82) is 0 Å². The molecular weight excluding hydrogens is 352 g/mol. The maximum Gasteiger partial charge on any atom is 0.182 e. The van der Waals surface area contributed by atoms with Crippen LogP contribution in [0.15, 0.2) is 48.8 Å². The van der Waals surface area contributed by atoms with Crippen LogP contribution < -0.4 is 10.2 Å². The van der Waals surface area contributed by atoms with Crippen molar-refractivity contribution in [1.82, 2.24) is 19.9 Å². The first-order chi connectivity index (χ1) is 13.7. The van der Waals surface area contributed by atoms with Gasteiger partial charge in [0.1, 0.15) is 17.2 Å². The Hall–Kier alpha value is -3.19. The van der Waals surface area contributed by atoms with Gasteiger partial charge in [-0.25, -0.2) is 15.0 Å². The van der Waals surface area contributed by atoms with Crippen molar-refractivity contribution < 1.29 is 5.11 Å². The van der Waals surface area contributed by atoms with Gasteiger partial charge < -0.3 is 20.3 Å². The van der Waals surface area contributed by atoms with E-state index >= 15 is 0 Å². The summed E-state index contributed by atoms with van der Waals surface area (Å²) in [4.78, 5) is 19.1. The highest BCUT2D eigenvalue weighted by molar-refractivity contribution is 5.80. The van der Waals surface area contributed by atoms with Crippen molar-refractivity contribution in [3.8, 4) is 0 Å². The molecule has 28 heavy (non-hydrogen) atoms. The van der Waals surface area contributed by atoms with Crippen molar-refractivity contribution in [3.63, 3.8) is 0 Å². The van der Waals surface area contributed by atoms with E-state index in [1.165, 1.54) is 10.9 Å². The molecule has 1 saturated heterocycles. The number of aromatic nitrogens is 4. The molecule has 1 aromatic carbocycles. The van der Waals surface area contributed by atoms with Gasteiger partial charge in [0.15, 0.2) is 5.65 Å². The van der Waals surface area contributed by atoms with Gasteiger partial charge in [-0.15, -0.1) is 0 Å². The van der Waals surface area contributed by atoms with E-state index < -0.39 is 0 Å². The van der Waals surface area contributed by atoms with Gasteiger partial charge in [0, 0.05) is 31.3 Å². The molecule has 0 aliphatic carbocycles. The number of hydrogen-bond acceptors (Lipinski definition) is 6. The molecule has 7 nitrogen and oxygen atoms in total. The number of rotatable bonds is 4. The highest BCUT2D eigenvalue weighted by Crippen LogP contribution is 2.21. The lowest BCUT2D eigenvalue weighted by molar-refractivity contribution is 0.154. The van der Waals surface area contributed by atoms with Crippen LogP contribution in [0.4, 0.5) is 11.6 Å².